The Hall–Kier alpha value is -2.55. The molecule has 148 valence electrons. The maximum atomic E-state index is 12.8. The average Bonchev–Trinajstić information content (AvgIpc) is 3.06. The molecule has 4 aromatic rings. The second-order valence-corrected chi connectivity index (χ2v) is 9.45. The monoisotopic (exact) mass is 430 g/mol. The molecule has 0 spiro atoms. The summed E-state index contributed by atoms with van der Waals surface area (Å²) in [6.45, 7) is 0.899. The van der Waals surface area contributed by atoms with E-state index < -0.39 is 19.3 Å². The highest BCUT2D eigenvalue weighted by Crippen LogP contribution is 2.42. The zero-order valence-corrected chi connectivity index (χ0v) is 16.6. The molecule has 0 bridgehead atoms. The maximum Gasteiger partial charge on any atom is 0.357 e. The highest BCUT2D eigenvalue weighted by Gasteiger charge is 2.32. The summed E-state index contributed by atoms with van der Waals surface area (Å²) in [6, 6.07) is 12.0. The first kappa shape index (κ1) is 18.5. The van der Waals surface area contributed by atoms with Crippen LogP contribution in [0.5, 0.6) is 0 Å². The van der Waals surface area contributed by atoms with Crippen molar-refractivity contribution in [3.05, 3.63) is 52.9 Å². The Morgan fingerprint density at radius 1 is 1.17 bits per heavy atom. The van der Waals surface area contributed by atoms with Crippen LogP contribution in [0, 0.1) is 0 Å². The third kappa shape index (κ3) is 3.08. The zero-order valence-electron chi connectivity index (χ0n) is 14.8. The van der Waals surface area contributed by atoms with E-state index in [0.29, 0.717) is 24.3 Å². The molecule has 1 aliphatic rings. The number of aliphatic hydroxyl groups excluding tert-OH is 1. The number of thiazole rings is 1. The summed E-state index contributed by atoms with van der Waals surface area (Å²) in [7, 11) is -4.83. The van der Waals surface area contributed by atoms with Crippen molar-refractivity contribution >= 4 is 51.1 Å². The van der Waals surface area contributed by atoms with Crippen LogP contribution in [0.15, 0.2) is 51.7 Å². The molecule has 5 rings (SSSR count). The van der Waals surface area contributed by atoms with E-state index in [-0.39, 0.29) is 26.8 Å². The second-order valence-electron chi connectivity index (χ2n) is 6.88. The standard InChI is InChI=1S/C19H15N2O6PS/c22-11-8-21(9-11)10-5-6-12-14(7-10)27-19(23)16(17(12)28(24,25)26)18-20-13-3-1-2-4-15(13)29-18/h1-7,11,22H,8-9H2,(H2,24,25,26). The van der Waals surface area contributed by atoms with Gasteiger partial charge in [0.25, 0.3) is 0 Å². The molecular formula is C19H15N2O6PS. The average molecular weight is 430 g/mol. The predicted octanol–water partition coefficient (Wildman–Crippen LogP) is 2.05. The molecule has 0 radical (unpaired) electrons. The van der Waals surface area contributed by atoms with E-state index in [1.54, 1.807) is 24.3 Å². The summed E-state index contributed by atoms with van der Waals surface area (Å²) in [5.74, 6) is 0. The van der Waals surface area contributed by atoms with Crippen molar-refractivity contribution in [1.29, 1.82) is 0 Å². The fourth-order valence-electron chi connectivity index (χ4n) is 3.51. The van der Waals surface area contributed by atoms with Crippen LogP contribution < -0.4 is 15.8 Å². The number of rotatable bonds is 3. The first-order valence-corrected chi connectivity index (χ1v) is 11.2. The number of fused-ring (bicyclic) bond motifs is 2. The molecule has 0 aliphatic carbocycles. The van der Waals surface area contributed by atoms with Gasteiger partial charge in [0, 0.05) is 30.2 Å². The Bertz CT molecular complexity index is 1340. The van der Waals surface area contributed by atoms with Crippen molar-refractivity contribution < 1.29 is 23.9 Å². The van der Waals surface area contributed by atoms with Crippen molar-refractivity contribution in [2.24, 2.45) is 0 Å². The summed E-state index contributed by atoms with van der Waals surface area (Å²) in [6.07, 6.45) is -0.412. The van der Waals surface area contributed by atoms with Gasteiger partial charge in [-0.3, -0.25) is 4.57 Å². The third-order valence-corrected chi connectivity index (χ3v) is 6.99. The Kier molecular flexibility index (Phi) is 4.13. The number of aromatic nitrogens is 1. The van der Waals surface area contributed by atoms with E-state index >= 15 is 0 Å². The van der Waals surface area contributed by atoms with Gasteiger partial charge in [-0.25, -0.2) is 9.78 Å². The number of para-hydroxylation sites is 1. The normalized spacial score (nSPS) is 15.2. The van der Waals surface area contributed by atoms with E-state index in [4.69, 9.17) is 4.42 Å². The first-order valence-electron chi connectivity index (χ1n) is 8.77. The first-order chi connectivity index (χ1) is 13.8. The van der Waals surface area contributed by atoms with Gasteiger partial charge in [0.1, 0.15) is 16.2 Å². The van der Waals surface area contributed by atoms with Crippen molar-refractivity contribution in [2.45, 2.75) is 6.10 Å². The largest absolute Gasteiger partial charge is 0.422 e. The molecule has 0 unspecified atom stereocenters. The van der Waals surface area contributed by atoms with E-state index in [2.05, 4.69) is 4.98 Å². The second kappa shape index (κ2) is 6.48. The van der Waals surface area contributed by atoms with Crippen molar-refractivity contribution in [3.63, 3.8) is 0 Å². The lowest BCUT2D eigenvalue weighted by atomic mass is 10.1. The molecule has 0 saturated carbocycles. The van der Waals surface area contributed by atoms with E-state index in [0.717, 1.165) is 4.70 Å². The Morgan fingerprint density at radius 3 is 2.62 bits per heavy atom. The SMILES string of the molecule is O=c1oc2cc(N3CC(O)C3)ccc2c(P(=O)(O)O)c1-c1nc2ccccc2s1. The van der Waals surface area contributed by atoms with Gasteiger partial charge in [-0.15, -0.1) is 11.3 Å². The minimum Gasteiger partial charge on any atom is -0.422 e. The van der Waals surface area contributed by atoms with Crippen LogP contribution >= 0.6 is 18.9 Å². The highest BCUT2D eigenvalue weighted by atomic mass is 32.1. The van der Waals surface area contributed by atoms with Gasteiger partial charge in [0.2, 0.25) is 0 Å². The zero-order chi connectivity index (χ0) is 20.3. The lowest BCUT2D eigenvalue weighted by Gasteiger charge is -2.37. The van der Waals surface area contributed by atoms with Crippen LogP contribution in [0.1, 0.15) is 0 Å². The molecule has 1 saturated heterocycles. The molecule has 1 aliphatic heterocycles. The van der Waals surface area contributed by atoms with Crippen LogP contribution in [0.4, 0.5) is 5.69 Å². The minimum atomic E-state index is -4.83. The molecule has 3 N–H and O–H groups in total. The summed E-state index contributed by atoms with van der Waals surface area (Å²) in [5.41, 5.74) is 0.359. The number of hydrogen-bond donors (Lipinski definition) is 3. The van der Waals surface area contributed by atoms with Gasteiger partial charge in [0.15, 0.2) is 0 Å². The van der Waals surface area contributed by atoms with Gasteiger partial charge in [-0.2, -0.15) is 0 Å². The number of hydrogen-bond acceptors (Lipinski definition) is 7. The molecule has 8 nitrogen and oxygen atoms in total. The number of benzene rings is 2. The van der Waals surface area contributed by atoms with E-state index in [1.807, 2.05) is 17.0 Å². The van der Waals surface area contributed by atoms with Crippen LogP contribution in [-0.2, 0) is 4.57 Å². The summed E-state index contributed by atoms with van der Waals surface area (Å²) in [4.78, 5) is 39.2. The van der Waals surface area contributed by atoms with Gasteiger partial charge in [-0.05, 0) is 24.3 Å². The lowest BCUT2D eigenvalue weighted by molar-refractivity contribution is 0.142. The number of aliphatic hydroxyl groups is 1. The summed E-state index contributed by atoms with van der Waals surface area (Å²) in [5, 5.41) is 9.48. The number of nitrogens with zero attached hydrogens (tertiary/aromatic N) is 2. The molecule has 3 heterocycles. The molecule has 2 aromatic carbocycles. The summed E-state index contributed by atoms with van der Waals surface area (Å²) < 4.78 is 18.6. The van der Waals surface area contributed by atoms with Gasteiger partial charge in [-0.1, -0.05) is 12.1 Å². The molecule has 2 aromatic heterocycles. The van der Waals surface area contributed by atoms with Crippen LogP contribution in [0.3, 0.4) is 0 Å². The fourth-order valence-corrected chi connectivity index (χ4v) is 5.57. The molecule has 1 fully saturated rings. The van der Waals surface area contributed by atoms with Gasteiger partial charge >= 0.3 is 13.2 Å². The van der Waals surface area contributed by atoms with Gasteiger partial charge in [0.05, 0.1) is 21.6 Å². The van der Waals surface area contributed by atoms with Crippen LogP contribution in [0.25, 0.3) is 31.8 Å². The minimum absolute atomic E-state index is 0.0806. The summed E-state index contributed by atoms with van der Waals surface area (Å²) >= 11 is 1.17. The topological polar surface area (TPSA) is 124 Å². The van der Waals surface area contributed by atoms with E-state index in [1.165, 1.54) is 17.4 Å². The van der Waals surface area contributed by atoms with Crippen LogP contribution in [0.2, 0.25) is 0 Å². The molecule has 0 atom stereocenters. The fraction of sp³-hybridized carbons (Fsp3) is 0.158. The quantitative estimate of drug-likeness (QED) is 0.333. The van der Waals surface area contributed by atoms with Crippen molar-refractivity contribution in [1.82, 2.24) is 4.98 Å². The van der Waals surface area contributed by atoms with Crippen molar-refractivity contribution in [3.8, 4) is 10.6 Å². The van der Waals surface area contributed by atoms with E-state index in [9.17, 15) is 24.3 Å². The predicted molar refractivity (Wildman–Crippen MR) is 111 cm³/mol. The molecule has 0 amide bonds. The third-order valence-electron chi connectivity index (χ3n) is 4.89. The van der Waals surface area contributed by atoms with Gasteiger partial charge < -0.3 is 24.2 Å². The Morgan fingerprint density at radius 2 is 1.93 bits per heavy atom. The smallest absolute Gasteiger partial charge is 0.357 e. The number of anilines is 1. The molecule has 10 heteroatoms. The van der Waals surface area contributed by atoms with Crippen molar-refractivity contribution in [2.75, 3.05) is 18.0 Å². The van der Waals surface area contributed by atoms with Crippen LogP contribution in [-0.4, -0.2) is 39.1 Å². The molecule has 29 heavy (non-hydrogen) atoms. The number of β-amino-alcohol motifs (C(OH)–C–C–N with tert-alkyl or cyclic N) is 1. The maximum absolute atomic E-state index is 12.8. The highest BCUT2D eigenvalue weighted by molar-refractivity contribution is 7.61. The Balaban J connectivity index is 1.77. The lowest BCUT2D eigenvalue weighted by Crippen LogP contribution is -2.50. The Labute approximate surface area is 167 Å². The molecular weight excluding hydrogens is 415 g/mol.